The summed E-state index contributed by atoms with van der Waals surface area (Å²) in [7, 11) is 1.58. The summed E-state index contributed by atoms with van der Waals surface area (Å²) in [6, 6.07) is 7.11. The standard InChI is InChI=1S/C17H25N3O4/c1-3-12(11-23-2)19-17(22)18-10-16(21)20-14-8-9-24-15-7-5-4-6-13(14)15/h4-7,12,14H,3,8-11H2,1-2H3,(H,20,21)(H2,18,19,22)/t12-,14+/m1/s1. The summed E-state index contributed by atoms with van der Waals surface area (Å²) in [6.07, 6.45) is 1.47. The van der Waals surface area contributed by atoms with Crippen molar-refractivity contribution in [2.45, 2.75) is 31.8 Å². The first-order valence-corrected chi connectivity index (χ1v) is 8.18. The van der Waals surface area contributed by atoms with Gasteiger partial charge in [-0.2, -0.15) is 0 Å². The second-order valence-electron chi connectivity index (χ2n) is 5.68. The number of rotatable bonds is 7. The molecule has 0 saturated carbocycles. The van der Waals surface area contributed by atoms with Crippen molar-refractivity contribution in [1.29, 1.82) is 0 Å². The predicted octanol–water partition coefficient (Wildman–Crippen LogP) is 1.35. The molecule has 0 unspecified atom stereocenters. The highest BCUT2D eigenvalue weighted by Gasteiger charge is 2.22. The molecule has 0 bridgehead atoms. The number of urea groups is 1. The van der Waals surface area contributed by atoms with Crippen molar-refractivity contribution in [2.75, 3.05) is 26.9 Å². The highest BCUT2D eigenvalue weighted by molar-refractivity contribution is 5.84. The molecular formula is C17H25N3O4. The first-order chi connectivity index (χ1) is 11.6. The van der Waals surface area contributed by atoms with Crippen molar-refractivity contribution in [3.63, 3.8) is 0 Å². The molecule has 0 aromatic heterocycles. The molecule has 2 rings (SSSR count). The zero-order valence-corrected chi connectivity index (χ0v) is 14.1. The molecule has 1 aliphatic heterocycles. The maximum Gasteiger partial charge on any atom is 0.315 e. The number of hydrogen-bond donors (Lipinski definition) is 3. The van der Waals surface area contributed by atoms with E-state index in [-0.39, 0.29) is 30.6 Å². The number of nitrogens with one attached hydrogen (secondary N) is 3. The van der Waals surface area contributed by atoms with E-state index in [0.717, 1.165) is 17.7 Å². The largest absolute Gasteiger partial charge is 0.493 e. The number of para-hydroxylation sites is 1. The number of benzene rings is 1. The minimum absolute atomic E-state index is 0.0690. The fraction of sp³-hybridized carbons (Fsp3) is 0.529. The van der Waals surface area contributed by atoms with E-state index in [9.17, 15) is 9.59 Å². The summed E-state index contributed by atoms with van der Waals surface area (Å²) in [4.78, 5) is 23.9. The van der Waals surface area contributed by atoms with Gasteiger partial charge in [0.2, 0.25) is 5.91 Å². The Balaban J connectivity index is 1.79. The van der Waals surface area contributed by atoms with Gasteiger partial charge in [-0.3, -0.25) is 4.79 Å². The van der Waals surface area contributed by atoms with Gasteiger partial charge in [-0.05, 0) is 12.5 Å². The third-order valence-electron chi connectivity index (χ3n) is 3.90. The van der Waals surface area contributed by atoms with E-state index in [4.69, 9.17) is 9.47 Å². The SMILES string of the molecule is CC[C@H](COC)NC(=O)NCC(=O)N[C@H]1CCOc2ccccc21. The lowest BCUT2D eigenvalue weighted by Crippen LogP contribution is -2.47. The average molecular weight is 335 g/mol. The van der Waals surface area contributed by atoms with E-state index < -0.39 is 0 Å². The predicted molar refractivity (Wildman–Crippen MR) is 89.9 cm³/mol. The third-order valence-corrected chi connectivity index (χ3v) is 3.90. The average Bonchev–Trinajstić information content (AvgIpc) is 2.60. The van der Waals surface area contributed by atoms with Crippen LogP contribution in [0.25, 0.3) is 0 Å². The third kappa shape index (κ3) is 5.13. The molecule has 132 valence electrons. The van der Waals surface area contributed by atoms with E-state index >= 15 is 0 Å². The Kier molecular flexibility index (Phi) is 6.87. The Morgan fingerprint density at radius 1 is 1.38 bits per heavy atom. The minimum Gasteiger partial charge on any atom is -0.493 e. The lowest BCUT2D eigenvalue weighted by molar-refractivity contribution is -0.121. The Hall–Kier alpha value is -2.28. The first-order valence-electron chi connectivity index (χ1n) is 8.18. The van der Waals surface area contributed by atoms with Crippen molar-refractivity contribution in [1.82, 2.24) is 16.0 Å². The topological polar surface area (TPSA) is 88.7 Å². The van der Waals surface area contributed by atoms with Crippen LogP contribution in [0.15, 0.2) is 24.3 Å². The smallest absolute Gasteiger partial charge is 0.315 e. The van der Waals surface area contributed by atoms with Crippen LogP contribution in [0.4, 0.5) is 4.79 Å². The van der Waals surface area contributed by atoms with Gasteiger partial charge < -0.3 is 25.4 Å². The van der Waals surface area contributed by atoms with Gasteiger partial charge in [-0.1, -0.05) is 25.1 Å². The molecule has 3 amide bonds. The van der Waals surface area contributed by atoms with Gasteiger partial charge in [-0.15, -0.1) is 0 Å². The minimum atomic E-state index is -0.374. The molecule has 0 aliphatic carbocycles. The highest BCUT2D eigenvalue weighted by atomic mass is 16.5. The molecule has 24 heavy (non-hydrogen) atoms. The summed E-state index contributed by atoms with van der Waals surface area (Å²) in [6.45, 7) is 2.88. The molecule has 7 nitrogen and oxygen atoms in total. The highest BCUT2D eigenvalue weighted by Crippen LogP contribution is 2.31. The Bertz CT molecular complexity index is 565. The molecule has 0 fully saturated rings. The van der Waals surface area contributed by atoms with Crippen molar-refractivity contribution in [3.8, 4) is 5.75 Å². The molecule has 1 heterocycles. The second kappa shape index (κ2) is 9.12. The molecule has 7 heteroatoms. The second-order valence-corrected chi connectivity index (χ2v) is 5.68. The fourth-order valence-corrected chi connectivity index (χ4v) is 2.60. The Morgan fingerprint density at radius 3 is 2.92 bits per heavy atom. The first kappa shape index (κ1) is 18.1. The number of fused-ring (bicyclic) bond motifs is 1. The van der Waals surface area contributed by atoms with Gasteiger partial charge in [0, 0.05) is 19.1 Å². The summed E-state index contributed by atoms with van der Waals surface area (Å²) in [5.74, 6) is 0.566. The molecule has 1 aromatic carbocycles. The van der Waals surface area contributed by atoms with Crippen molar-refractivity contribution < 1.29 is 19.1 Å². The van der Waals surface area contributed by atoms with Crippen molar-refractivity contribution >= 4 is 11.9 Å². The number of carbonyl (C=O) groups is 2. The Labute approximate surface area is 142 Å². The Morgan fingerprint density at radius 2 is 2.17 bits per heavy atom. The summed E-state index contributed by atoms with van der Waals surface area (Å²) in [5.41, 5.74) is 0.965. The summed E-state index contributed by atoms with van der Waals surface area (Å²) in [5, 5.41) is 8.27. The lowest BCUT2D eigenvalue weighted by Gasteiger charge is -2.26. The molecule has 1 aromatic rings. The zero-order chi connectivity index (χ0) is 17.4. The van der Waals surface area contributed by atoms with Crippen LogP contribution >= 0.6 is 0 Å². The molecule has 2 atom stereocenters. The summed E-state index contributed by atoms with van der Waals surface area (Å²) >= 11 is 0. The normalized spacial score (nSPS) is 17.2. The summed E-state index contributed by atoms with van der Waals surface area (Å²) < 4.78 is 10.6. The van der Waals surface area contributed by atoms with E-state index in [2.05, 4.69) is 16.0 Å². The van der Waals surface area contributed by atoms with Crippen molar-refractivity contribution in [2.24, 2.45) is 0 Å². The van der Waals surface area contributed by atoms with Crippen LogP contribution in [0, 0.1) is 0 Å². The van der Waals surface area contributed by atoms with Crippen LogP contribution in [0.3, 0.4) is 0 Å². The number of methoxy groups -OCH3 is 1. The van der Waals surface area contributed by atoms with Gasteiger partial charge >= 0.3 is 6.03 Å². The molecule has 0 radical (unpaired) electrons. The van der Waals surface area contributed by atoms with Crippen LogP contribution in [0.5, 0.6) is 5.75 Å². The van der Waals surface area contributed by atoms with Gasteiger partial charge in [0.05, 0.1) is 31.8 Å². The number of carbonyl (C=O) groups excluding carboxylic acids is 2. The monoisotopic (exact) mass is 335 g/mol. The van der Waals surface area contributed by atoms with Gasteiger partial charge in [0.1, 0.15) is 5.75 Å². The fourth-order valence-electron chi connectivity index (χ4n) is 2.60. The van der Waals surface area contributed by atoms with E-state index in [0.29, 0.717) is 19.6 Å². The molecule has 0 saturated heterocycles. The van der Waals surface area contributed by atoms with Crippen LogP contribution in [0.1, 0.15) is 31.4 Å². The van der Waals surface area contributed by atoms with E-state index in [1.807, 2.05) is 31.2 Å². The maximum absolute atomic E-state index is 12.1. The molecule has 0 spiro atoms. The van der Waals surface area contributed by atoms with Gasteiger partial charge in [0.25, 0.3) is 0 Å². The van der Waals surface area contributed by atoms with Crippen LogP contribution in [-0.2, 0) is 9.53 Å². The maximum atomic E-state index is 12.1. The van der Waals surface area contributed by atoms with Crippen LogP contribution in [0.2, 0.25) is 0 Å². The van der Waals surface area contributed by atoms with Gasteiger partial charge in [-0.25, -0.2) is 4.79 Å². The quantitative estimate of drug-likeness (QED) is 0.702. The van der Waals surface area contributed by atoms with E-state index in [1.165, 1.54) is 0 Å². The molecular weight excluding hydrogens is 310 g/mol. The molecule has 1 aliphatic rings. The number of ether oxygens (including phenoxy) is 2. The van der Waals surface area contributed by atoms with Crippen LogP contribution in [-0.4, -0.2) is 44.8 Å². The number of amides is 3. The lowest BCUT2D eigenvalue weighted by atomic mass is 10.0. The molecule has 3 N–H and O–H groups in total. The zero-order valence-electron chi connectivity index (χ0n) is 14.1. The van der Waals surface area contributed by atoms with Crippen LogP contribution < -0.4 is 20.7 Å². The van der Waals surface area contributed by atoms with Gasteiger partial charge in [0.15, 0.2) is 0 Å². The van der Waals surface area contributed by atoms with Crippen molar-refractivity contribution in [3.05, 3.63) is 29.8 Å². The van der Waals surface area contributed by atoms with E-state index in [1.54, 1.807) is 7.11 Å². The number of hydrogen-bond acceptors (Lipinski definition) is 4.